The molecule has 0 radical (unpaired) electrons. The molecule has 1 aliphatic heterocycles. The van der Waals surface area contributed by atoms with Gasteiger partial charge in [-0.2, -0.15) is 0 Å². The maximum absolute atomic E-state index is 12.3. The van der Waals surface area contributed by atoms with E-state index in [2.05, 4.69) is 11.2 Å². The number of carbonyl (C=O) groups excluding carboxylic acids is 1. The molecule has 3 heterocycles. The Morgan fingerprint density at radius 1 is 1.21 bits per heavy atom. The Balaban J connectivity index is 1.32. The lowest BCUT2D eigenvalue weighted by Crippen LogP contribution is -2.32. The second-order valence-electron chi connectivity index (χ2n) is 5.58. The zero-order valence-corrected chi connectivity index (χ0v) is 13.0. The fourth-order valence-corrected chi connectivity index (χ4v) is 2.83. The number of rotatable bonds is 5. The summed E-state index contributed by atoms with van der Waals surface area (Å²) in [5, 5.41) is 3.92. The number of carbonyl (C=O) groups is 1. The quantitative estimate of drug-likeness (QED) is 0.721. The van der Waals surface area contributed by atoms with Gasteiger partial charge in [-0.1, -0.05) is 23.4 Å². The first-order valence-corrected chi connectivity index (χ1v) is 7.77. The number of amides is 1. The summed E-state index contributed by atoms with van der Waals surface area (Å²) in [4.78, 5) is 14.1. The minimum absolute atomic E-state index is 0.0112. The second-order valence-corrected chi connectivity index (χ2v) is 5.58. The zero-order chi connectivity index (χ0) is 16.4. The van der Waals surface area contributed by atoms with Gasteiger partial charge in [0.15, 0.2) is 5.76 Å². The van der Waals surface area contributed by atoms with E-state index in [0.717, 1.165) is 12.1 Å². The first-order valence-electron chi connectivity index (χ1n) is 7.77. The molecule has 6 heteroatoms. The van der Waals surface area contributed by atoms with Gasteiger partial charge in [0.2, 0.25) is 5.76 Å². The third-order valence-corrected chi connectivity index (χ3v) is 3.99. The number of fused-ring (bicyclic) bond motifs is 1. The lowest BCUT2D eigenvalue weighted by atomic mass is 10.2. The third-order valence-electron chi connectivity index (χ3n) is 3.99. The first-order chi connectivity index (χ1) is 11.8. The number of hydrogen-bond donors (Lipinski definition) is 0. The summed E-state index contributed by atoms with van der Waals surface area (Å²) in [6, 6.07) is 13.3. The number of benzene rings is 1. The van der Waals surface area contributed by atoms with Crippen LogP contribution in [0.2, 0.25) is 0 Å². The van der Waals surface area contributed by atoms with Crippen molar-refractivity contribution in [2.75, 3.05) is 18.1 Å². The molecule has 3 aromatic rings. The summed E-state index contributed by atoms with van der Waals surface area (Å²) in [5.74, 6) is 1.10. The van der Waals surface area contributed by atoms with E-state index in [1.807, 2.05) is 18.2 Å². The topological polar surface area (TPSA) is 68.7 Å². The van der Waals surface area contributed by atoms with Crippen LogP contribution in [-0.2, 0) is 22.6 Å². The van der Waals surface area contributed by atoms with E-state index in [4.69, 9.17) is 13.7 Å². The van der Waals surface area contributed by atoms with Crippen molar-refractivity contribution < 1.29 is 18.5 Å². The van der Waals surface area contributed by atoms with Gasteiger partial charge in [-0.05, 0) is 30.2 Å². The Labute approximate surface area is 138 Å². The standard InChI is InChI=1S/C18H16N2O4/c21-18(20-8-7-13-4-1-2-5-15(13)20)12-22-11-14-10-17(24-19-14)16-6-3-9-23-16/h1-6,9-10H,7-8,11-12H2. The van der Waals surface area contributed by atoms with Crippen molar-refractivity contribution in [3.05, 3.63) is 60.0 Å². The fourth-order valence-electron chi connectivity index (χ4n) is 2.83. The van der Waals surface area contributed by atoms with E-state index < -0.39 is 0 Å². The molecule has 0 fully saturated rings. The number of furan rings is 1. The molecule has 0 aliphatic carbocycles. The number of aromatic nitrogens is 1. The highest BCUT2D eigenvalue weighted by atomic mass is 16.5. The third kappa shape index (κ3) is 2.83. The number of ether oxygens (including phenoxy) is 1. The average molecular weight is 324 g/mol. The van der Waals surface area contributed by atoms with Crippen LogP contribution in [0.1, 0.15) is 11.3 Å². The highest BCUT2D eigenvalue weighted by molar-refractivity contribution is 5.96. The van der Waals surface area contributed by atoms with Crippen molar-refractivity contribution in [3.63, 3.8) is 0 Å². The Morgan fingerprint density at radius 3 is 3.00 bits per heavy atom. The molecule has 1 aliphatic rings. The minimum Gasteiger partial charge on any atom is -0.461 e. The van der Waals surface area contributed by atoms with Crippen molar-refractivity contribution in [1.29, 1.82) is 0 Å². The summed E-state index contributed by atoms with van der Waals surface area (Å²) in [6.45, 7) is 0.927. The molecule has 0 saturated carbocycles. The molecule has 6 nitrogen and oxygen atoms in total. The molecule has 2 aromatic heterocycles. The van der Waals surface area contributed by atoms with Gasteiger partial charge < -0.3 is 18.6 Å². The van der Waals surface area contributed by atoms with Gasteiger partial charge in [-0.3, -0.25) is 4.79 Å². The Kier molecular flexibility index (Phi) is 3.88. The Hall–Kier alpha value is -2.86. The Bertz CT molecular complexity index is 838. The number of nitrogens with zero attached hydrogens (tertiary/aromatic N) is 2. The maximum atomic E-state index is 12.3. The summed E-state index contributed by atoms with van der Waals surface area (Å²) in [6.07, 6.45) is 2.46. The largest absolute Gasteiger partial charge is 0.461 e. The van der Waals surface area contributed by atoms with Crippen molar-refractivity contribution in [1.82, 2.24) is 5.16 Å². The molecule has 0 bridgehead atoms. The van der Waals surface area contributed by atoms with Crippen LogP contribution < -0.4 is 4.90 Å². The molecular formula is C18H16N2O4. The van der Waals surface area contributed by atoms with Crippen LogP contribution in [0.15, 0.2) is 57.7 Å². The van der Waals surface area contributed by atoms with Crippen LogP contribution in [0.3, 0.4) is 0 Å². The van der Waals surface area contributed by atoms with Gasteiger partial charge in [0.25, 0.3) is 5.91 Å². The van der Waals surface area contributed by atoms with Crippen molar-refractivity contribution in [2.45, 2.75) is 13.0 Å². The molecule has 1 amide bonds. The molecule has 4 rings (SSSR count). The van der Waals surface area contributed by atoms with Crippen molar-refractivity contribution in [3.8, 4) is 11.5 Å². The zero-order valence-electron chi connectivity index (χ0n) is 13.0. The molecule has 0 atom stereocenters. The van der Waals surface area contributed by atoms with Gasteiger partial charge in [0.1, 0.15) is 12.3 Å². The average Bonchev–Trinajstić information content (AvgIpc) is 3.34. The van der Waals surface area contributed by atoms with Crippen molar-refractivity contribution >= 4 is 11.6 Å². The van der Waals surface area contributed by atoms with Crippen LogP contribution in [0.4, 0.5) is 5.69 Å². The predicted molar refractivity (Wildman–Crippen MR) is 86.4 cm³/mol. The smallest absolute Gasteiger partial charge is 0.253 e. The first kappa shape index (κ1) is 14.7. The fraction of sp³-hybridized carbons (Fsp3) is 0.222. The number of anilines is 1. The monoisotopic (exact) mass is 324 g/mol. The minimum atomic E-state index is -0.0466. The number of hydrogen-bond acceptors (Lipinski definition) is 5. The van der Waals surface area contributed by atoms with E-state index in [1.165, 1.54) is 5.56 Å². The van der Waals surface area contributed by atoms with Gasteiger partial charge >= 0.3 is 0 Å². The van der Waals surface area contributed by atoms with Gasteiger partial charge in [0, 0.05) is 18.3 Å². The lowest BCUT2D eigenvalue weighted by Gasteiger charge is -2.16. The molecule has 1 aromatic carbocycles. The molecule has 24 heavy (non-hydrogen) atoms. The van der Waals surface area contributed by atoms with Crippen LogP contribution in [0.5, 0.6) is 0 Å². The summed E-state index contributed by atoms with van der Waals surface area (Å²) in [5.41, 5.74) is 2.80. The highest BCUT2D eigenvalue weighted by Crippen LogP contribution is 2.27. The van der Waals surface area contributed by atoms with Gasteiger partial charge in [0.05, 0.1) is 12.9 Å². The maximum Gasteiger partial charge on any atom is 0.253 e. The summed E-state index contributed by atoms with van der Waals surface area (Å²) < 4.78 is 15.9. The van der Waals surface area contributed by atoms with Crippen LogP contribution >= 0.6 is 0 Å². The second kappa shape index (κ2) is 6.33. The van der Waals surface area contributed by atoms with Gasteiger partial charge in [-0.15, -0.1) is 0 Å². The van der Waals surface area contributed by atoms with Crippen LogP contribution in [0, 0.1) is 0 Å². The number of para-hydroxylation sites is 1. The Morgan fingerprint density at radius 2 is 2.12 bits per heavy atom. The SMILES string of the molecule is O=C(COCc1cc(-c2ccco2)on1)N1CCc2ccccc21. The van der Waals surface area contributed by atoms with E-state index >= 15 is 0 Å². The van der Waals surface area contributed by atoms with Gasteiger partial charge in [-0.25, -0.2) is 0 Å². The van der Waals surface area contributed by atoms with E-state index in [0.29, 0.717) is 23.8 Å². The van der Waals surface area contributed by atoms with Crippen LogP contribution in [-0.4, -0.2) is 24.2 Å². The van der Waals surface area contributed by atoms with E-state index in [-0.39, 0.29) is 19.1 Å². The van der Waals surface area contributed by atoms with Crippen molar-refractivity contribution in [2.24, 2.45) is 0 Å². The lowest BCUT2D eigenvalue weighted by molar-refractivity contribution is -0.123. The predicted octanol–water partition coefficient (Wildman–Crippen LogP) is 3.04. The van der Waals surface area contributed by atoms with Crippen LogP contribution in [0.25, 0.3) is 11.5 Å². The molecule has 0 N–H and O–H groups in total. The highest BCUT2D eigenvalue weighted by Gasteiger charge is 2.24. The normalized spacial score (nSPS) is 13.2. The molecule has 0 spiro atoms. The molecule has 0 saturated heterocycles. The molecule has 0 unspecified atom stereocenters. The van der Waals surface area contributed by atoms with E-state index in [1.54, 1.807) is 29.4 Å². The summed E-state index contributed by atoms with van der Waals surface area (Å²) in [7, 11) is 0. The van der Waals surface area contributed by atoms with E-state index in [9.17, 15) is 4.79 Å². The molecular weight excluding hydrogens is 308 g/mol. The summed E-state index contributed by atoms with van der Waals surface area (Å²) >= 11 is 0. The molecule has 122 valence electrons.